The Kier molecular flexibility index (Phi) is 13.5. The number of rotatable bonds is 7. The van der Waals surface area contributed by atoms with E-state index in [0.29, 0.717) is 11.7 Å². The number of nitrogens with zero attached hydrogens (tertiary/aromatic N) is 7. The summed E-state index contributed by atoms with van der Waals surface area (Å²) in [5.41, 5.74) is 19.2. The Bertz CT molecular complexity index is 9560. The first-order chi connectivity index (χ1) is 61.0. The summed E-state index contributed by atoms with van der Waals surface area (Å²) in [6.45, 7) is 0. The van der Waals surface area contributed by atoms with Crippen LogP contribution in [0.2, 0.25) is 0 Å². The van der Waals surface area contributed by atoms with E-state index in [1.807, 2.05) is 12.1 Å². The van der Waals surface area contributed by atoms with Gasteiger partial charge < -0.3 is 13.6 Å². The third kappa shape index (κ3) is 9.24. The van der Waals surface area contributed by atoms with Gasteiger partial charge in [-0.3, -0.25) is 9.13 Å². The number of benzene rings is 21. The highest BCUT2D eigenvalue weighted by molar-refractivity contribution is 6.39. The van der Waals surface area contributed by atoms with Gasteiger partial charge in [0, 0.05) is 103 Å². The van der Waals surface area contributed by atoms with Gasteiger partial charge in [-0.2, -0.15) is 4.98 Å². The van der Waals surface area contributed by atoms with Crippen LogP contribution in [0.5, 0.6) is 0 Å². The number of para-hydroxylation sites is 5. The van der Waals surface area contributed by atoms with Gasteiger partial charge in [-0.1, -0.05) is 309 Å². The molecule has 0 saturated heterocycles. The molecule has 0 radical (unpaired) electrons. The summed E-state index contributed by atoms with van der Waals surface area (Å²) < 4.78 is 16.6. The minimum atomic E-state index is 0.520. The number of hydrogen-bond donors (Lipinski definition) is 0. The highest BCUT2D eigenvalue weighted by Gasteiger charge is 2.29. The van der Waals surface area contributed by atoms with E-state index >= 15 is 0 Å². The van der Waals surface area contributed by atoms with Gasteiger partial charge in [0.05, 0.1) is 60.7 Å². The van der Waals surface area contributed by atoms with Crippen molar-refractivity contribution in [2.75, 3.05) is 0 Å². The Morgan fingerprint density at radius 1 is 0.203 bits per heavy atom. The molecule has 123 heavy (non-hydrogen) atoms. The van der Waals surface area contributed by atoms with Gasteiger partial charge in [0.2, 0.25) is 11.7 Å². The molecule has 7 aromatic heterocycles. The second kappa shape index (κ2) is 25.0. The predicted octanol–water partition coefficient (Wildman–Crippen LogP) is 30.7. The number of hydrogen-bond acceptors (Lipinski definition) is 4. The predicted molar refractivity (Wildman–Crippen MR) is 516 cm³/mol. The van der Waals surface area contributed by atoms with Crippen molar-refractivity contribution in [2.45, 2.75) is 0 Å². The third-order valence-electron chi connectivity index (χ3n) is 26.9. The van der Waals surface area contributed by atoms with Gasteiger partial charge in [-0.25, -0.2) is 9.97 Å². The molecule has 7 heterocycles. The van der Waals surface area contributed by atoms with Crippen molar-refractivity contribution in [3.63, 3.8) is 0 Å². The molecule has 0 aliphatic carbocycles. The van der Waals surface area contributed by atoms with Crippen LogP contribution < -0.4 is 0 Å². The second-order valence-electron chi connectivity index (χ2n) is 33.1. The fraction of sp³-hybridized carbons (Fsp3) is 0. The molecule has 0 fully saturated rings. The second-order valence-corrected chi connectivity index (χ2v) is 33.1. The highest BCUT2D eigenvalue weighted by Crippen LogP contribution is 2.52. The molecule has 8 heteroatoms. The van der Waals surface area contributed by atoms with Gasteiger partial charge in [0.1, 0.15) is 11.4 Å². The van der Waals surface area contributed by atoms with Crippen LogP contribution in [0.15, 0.2) is 399 Å². The molecule has 0 saturated carbocycles. The highest BCUT2D eigenvalue weighted by atomic mass is 16.3. The van der Waals surface area contributed by atoms with Gasteiger partial charge in [0.25, 0.3) is 0 Å². The largest absolute Gasteiger partial charge is 0.437 e. The van der Waals surface area contributed by atoms with Gasteiger partial charge in [-0.15, -0.1) is 0 Å². The molecular weight excluding hydrogens is 1500 g/mol. The number of pyridine rings is 1. The molecule has 0 unspecified atom stereocenters. The minimum absolute atomic E-state index is 0.520. The van der Waals surface area contributed by atoms with Crippen LogP contribution in [0.4, 0.5) is 0 Å². The lowest BCUT2D eigenvalue weighted by Crippen LogP contribution is -2.03. The van der Waals surface area contributed by atoms with Crippen molar-refractivity contribution in [2.24, 2.45) is 0 Å². The lowest BCUT2D eigenvalue weighted by atomic mass is 9.89. The quantitative estimate of drug-likeness (QED) is 0.149. The van der Waals surface area contributed by atoms with Crippen LogP contribution in [0.25, 0.3) is 274 Å². The normalized spacial score (nSPS) is 12.4. The van der Waals surface area contributed by atoms with Crippen molar-refractivity contribution in [3.05, 3.63) is 394 Å². The number of fused-ring (bicyclic) bond motifs is 36. The van der Waals surface area contributed by atoms with Crippen LogP contribution in [-0.4, -0.2) is 33.2 Å². The van der Waals surface area contributed by atoms with Crippen molar-refractivity contribution in [3.8, 4) is 56.7 Å². The van der Waals surface area contributed by atoms with E-state index in [4.69, 9.17) is 19.4 Å². The summed E-state index contributed by atoms with van der Waals surface area (Å²) in [6.07, 6.45) is 0. The smallest absolute Gasteiger partial charge is 0.238 e. The number of furan rings is 1. The molecule has 0 atom stereocenters. The van der Waals surface area contributed by atoms with Gasteiger partial charge >= 0.3 is 0 Å². The van der Waals surface area contributed by atoms with Crippen molar-refractivity contribution in [1.29, 1.82) is 0 Å². The van der Waals surface area contributed by atoms with E-state index in [0.717, 1.165) is 192 Å². The molecule has 0 bridgehead atoms. The van der Waals surface area contributed by atoms with Crippen molar-refractivity contribution < 1.29 is 4.42 Å². The Labute approximate surface area is 701 Å². The lowest BCUT2D eigenvalue weighted by Gasteiger charge is -2.18. The van der Waals surface area contributed by atoms with Gasteiger partial charge in [-0.05, 0) is 172 Å². The first-order valence-electron chi connectivity index (χ1n) is 42.2. The molecule has 28 aromatic rings. The maximum absolute atomic E-state index is 6.96. The average Bonchev–Trinajstić information content (AvgIpc) is 1.58. The molecular formula is C115H65N7O. The summed E-state index contributed by atoms with van der Waals surface area (Å²) in [7, 11) is 0. The molecule has 0 aliphatic rings. The Morgan fingerprint density at radius 3 is 1.29 bits per heavy atom. The zero-order chi connectivity index (χ0) is 80.0. The van der Waals surface area contributed by atoms with E-state index in [1.54, 1.807) is 0 Å². The molecule has 21 aromatic carbocycles. The average molecular weight is 1560 g/mol. The van der Waals surface area contributed by atoms with Crippen LogP contribution >= 0.6 is 0 Å². The summed E-state index contributed by atoms with van der Waals surface area (Å²) in [5.74, 6) is 1.37. The molecule has 0 spiro atoms. The zero-order valence-corrected chi connectivity index (χ0v) is 66.1. The van der Waals surface area contributed by atoms with Crippen LogP contribution in [-0.2, 0) is 0 Å². The number of aromatic nitrogens is 7. The van der Waals surface area contributed by atoms with E-state index in [1.165, 1.54) is 70.0 Å². The molecule has 566 valence electrons. The van der Waals surface area contributed by atoms with Crippen LogP contribution in [0.3, 0.4) is 0 Å². The molecule has 0 amide bonds. The summed E-state index contributed by atoms with van der Waals surface area (Å²) in [4.78, 5) is 17.8. The Balaban J connectivity index is 0.699. The summed E-state index contributed by atoms with van der Waals surface area (Å²) in [6, 6.07) is 145. The molecule has 28 rings (SSSR count). The maximum Gasteiger partial charge on any atom is 0.238 e. The third-order valence-corrected chi connectivity index (χ3v) is 26.9. The minimum Gasteiger partial charge on any atom is -0.437 e. The van der Waals surface area contributed by atoms with E-state index < -0.39 is 0 Å². The summed E-state index contributed by atoms with van der Waals surface area (Å²) in [5, 5.41) is 33.3. The molecule has 8 nitrogen and oxygen atoms in total. The maximum atomic E-state index is 6.96. The van der Waals surface area contributed by atoms with Crippen molar-refractivity contribution in [1.82, 2.24) is 33.2 Å². The Hall–Kier alpha value is -16.6. The standard InChI is InChI=1S/C115H65N7O/c1-3-26-72(27-4-1)119-98-44-21-18-38-85(98)95-64-71(51-59-99(95)119)110-108-91-40-19-22-45-103(91)123-114(108)118-115(117-110)122-101-61-58-89-81-36-14-12-33-78(81)83-52-48-68(62-96(83)105(89)107(101)93-56-47-67-25-8-10-31-76(67)112(93)122)74-41-23-42-90-82(74)53-50-70-63-94(69-49-54-86-84-37-17-20-43-97(84)120(102(86)65-69)73-28-5-2-6-29-73)113(116-109(70)90)121-100-60-57-88-80-35-13-11-32-77(80)79-34-15-16-39-87(79)104(88)106(100)92-55-46-66-24-7-9-30-75(66)111(92)121/h1-65H. The fourth-order valence-corrected chi connectivity index (χ4v) is 21.7. The molecule has 0 aliphatic heterocycles. The summed E-state index contributed by atoms with van der Waals surface area (Å²) >= 11 is 0. The lowest BCUT2D eigenvalue weighted by molar-refractivity contribution is 0.651. The molecule has 0 N–H and O–H groups in total. The topological polar surface area (TPSA) is 71.5 Å². The fourth-order valence-electron chi connectivity index (χ4n) is 21.7. The SMILES string of the molecule is c1ccc(-n2c3ccccc3c3cc(-c4nc(-n5c6ccc7c8ccccc8c8ccc(-c9cccc%10c9ccc9cc(-c%11ccc%12c%13ccccc%13n(-c%13ccccc%13)c%12c%11)c(-n%11c%12ccc%13c%14ccccc%14c%14ccccc%14c%13c%12c%12ccc%13ccccc%13c%12%11)nc9%10)cc8c7c6c6ccc7ccccc7c65)nc5oc6ccccc6c45)ccc32)cc1. The monoisotopic (exact) mass is 1560 g/mol. The Morgan fingerprint density at radius 2 is 0.634 bits per heavy atom. The van der Waals surface area contributed by atoms with E-state index in [-0.39, 0.29) is 0 Å². The van der Waals surface area contributed by atoms with Crippen molar-refractivity contribution >= 4 is 217 Å². The van der Waals surface area contributed by atoms with E-state index in [2.05, 4.69) is 400 Å². The van der Waals surface area contributed by atoms with E-state index in [9.17, 15) is 0 Å². The first-order valence-corrected chi connectivity index (χ1v) is 42.2. The zero-order valence-electron chi connectivity index (χ0n) is 66.1. The van der Waals surface area contributed by atoms with Crippen LogP contribution in [0, 0.1) is 0 Å². The first kappa shape index (κ1) is 66.5. The van der Waals surface area contributed by atoms with Crippen LogP contribution in [0.1, 0.15) is 0 Å². The van der Waals surface area contributed by atoms with Gasteiger partial charge in [0.15, 0.2) is 0 Å².